The van der Waals surface area contributed by atoms with Crippen LogP contribution in [-0.4, -0.2) is 13.3 Å². The maximum atomic E-state index is 6.51. The smallest absolute Gasteiger partial charge is 0.0497 e. The van der Waals surface area contributed by atoms with Crippen LogP contribution in [-0.2, 0) is 7.05 Å². The first-order chi connectivity index (χ1) is 14.8. The fraction of sp³-hybridized carbons (Fsp3) is 0.179. The van der Waals surface area contributed by atoms with Crippen molar-refractivity contribution in [3.8, 4) is 22.4 Å². The molecule has 0 fully saturated rings. The van der Waals surface area contributed by atoms with E-state index in [1.807, 2.05) is 0 Å². The Bertz CT molecular complexity index is 1420. The zero-order valence-electron chi connectivity index (χ0n) is 18.9. The second-order valence-electron chi connectivity index (χ2n) is 9.47. The summed E-state index contributed by atoms with van der Waals surface area (Å²) in [5.74, 6) is 7.30. The second-order valence-corrected chi connectivity index (χ2v) is 20.1. The molecule has 0 N–H and O–H groups in total. The molecule has 3 heteroatoms. The number of fused-ring (bicyclic) bond motifs is 3. The quantitative estimate of drug-likeness (QED) is 0.216. The monoisotopic (exact) mass is 468 g/mol. The number of rotatable bonds is 3. The summed E-state index contributed by atoms with van der Waals surface area (Å²) in [7, 11) is 2.08. The second kappa shape index (κ2) is 7.38. The number of aryl methyl sites for hydroxylation is 2. The van der Waals surface area contributed by atoms with Gasteiger partial charge in [0.05, 0.1) is 0 Å². The van der Waals surface area contributed by atoms with Gasteiger partial charge in [0.2, 0.25) is 0 Å². The zero-order valence-corrected chi connectivity index (χ0v) is 21.0. The van der Waals surface area contributed by atoms with Gasteiger partial charge in [-0.1, -0.05) is 0 Å². The fourth-order valence-corrected chi connectivity index (χ4v) is 6.83. The van der Waals surface area contributed by atoms with Crippen molar-refractivity contribution < 1.29 is 8.98 Å². The number of pyridine rings is 1. The van der Waals surface area contributed by atoms with Gasteiger partial charge in [0.1, 0.15) is 7.05 Å². The Morgan fingerprint density at radius 3 is 2.19 bits per heavy atom. The first kappa shape index (κ1) is 20.1. The molecule has 0 aliphatic carbocycles. The third kappa shape index (κ3) is 3.49. The Balaban J connectivity index is 1.68. The molecule has 2 nitrogen and oxygen atoms in total. The van der Waals surface area contributed by atoms with E-state index in [1.165, 1.54) is 37.4 Å². The van der Waals surface area contributed by atoms with E-state index in [9.17, 15) is 0 Å². The minimum absolute atomic E-state index is 0.940. The van der Waals surface area contributed by atoms with Crippen molar-refractivity contribution >= 4 is 39.6 Å². The van der Waals surface area contributed by atoms with E-state index in [1.54, 1.807) is 0 Å². The summed E-state index contributed by atoms with van der Waals surface area (Å²) >= 11 is -1.80. The first-order valence-electron chi connectivity index (χ1n) is 10.8. The molecule has 0 saturated carbocycles. The van der Waals surface area contributed by atoms with Gasteiger partial charge in [-0.2, -0.15) is 0 Å². The van der Waals surface area contributed by atoms with Crippen molar-refractivity contribution in [1.82, 2.24) is 0 Å². The van der Waals surface area contributed by atoms with Crippen molar-refractivity contribution in [2.24, 2.45) is 7.05 Å². The molecule has 3 aromatic carbocycles. The van der Waals surface area contributed by atoms with Crippen LogP contribution in [0.4, 0.5) is 0 Å². The van der Waals surface area contributed by atoms with Crippen molar-refractivity contribution in [2.45, 2.75) is 24.2 Å². The van der Waals surface area contributed by atoms with Gasteiger partial charge >= 0.3 is 161 Å². The number of furan rings is 1. The summed E-state index contributed by atoms with van der Waals surface area (Å²) in [5.41, 5.74) is 7.89. The summed E-state index contributed by atoms with van der Waals surface area (Å²) in [4.78, 5) is 0. The van der Waals surface area contributed by atoms with Crippen LogP contribution in [0.15, 0.2) is 83.4 Å². The number of hydrogen-bond donors (Lipinski definition) is 0. The molecule has 0 saturated heterocycles. The van der Waals surface area contributed by atoms with Crippen LogP contribution in [0, 0.1) is 6.92 Å². The number of hydrogen-bond acceptors (Lipinski definition) is 1. The van der Waals surface area contributed by atoms with E-state index in [2.05, 4.69) is 115 Å². The van der Waals surface area contributed by atoms with Crippen LogP contribution in [0.25, 0.3) is 44.3 Å². The Morgan fingerprint density at radius 1 is 0.774 bits per heavy atom. The number of benzene rings is 3. The molecule has 2 aromatic heterocycles. The molecule has 5 rings (SSSR count). The Labute approximate surface area is 186 Å². The zero-order chi connectivity index (χ0) is 21.8. The van der Waals surface area contributed by atoms with Gasteiger partial charge in [0, 0.05) is 6.07 Å². The summed E-state index contributed by atoms with van der Waals surface area (Å²) in [6, 6.07) is 26.4. The van der Waals surface area contributed by atoms with Crippen LogP contribution in [0.3, 0.4) is 0 Å². The van der Waals surface area contributed by atoms with E-state index in [0.29, 0.717) is 0 Å². The standard InChI is InChI=1S/C28H28GeNO/c1-19-9-15-24-23-16-12-21(20-10-13-22(14-11-20)29(2,3)4)18-26(23)31-28(24)27(19)25-8-6-7-17-30(25)5/h6-18H,1-5H3/q+1. The number of nitrogens with zero attached hydrogens (tertiary/aromatic N) is 1. The average Bonchev–Trinajstić information content (AvgIpc) is 3.11. The molecule has 0 aliphatic rings. The Kier molecular flexibility index (Phi) is 4.78. The Morgan fingerprint density at radius 2 is 1.48 bits per heavy atom. The summed E-state index contributed by atoms with van der Waals surface area (Å²) in [6.45, 7) is 2.15. The predicted molar refractivity (Wildman–Crippen MR) is 133 cm³/mol. The van der Waals surface area contributed by atoms with Gasteiger partial charge in [-0.25, -0.2) is 0 Å². The molecule has 2 heterocycles. The molecular formula is C28H28GeNO+. The van der Waals surface area contributed by atoms with Crippen LogP contribution in [0.2, 0.25) is 17.3 Å². The molecule has 0 bridgehead atoms. The molecule has 154 valence electrons. The third-order valence-electron chi connectivity index (χ3n) is 6.25. The van der Waals surface area contributed by atoms with Crippen LogP contribution >= 0.6 is 0 Å². The topological polar surface area (TPSA) is 17.0 Å². The summed E-state index contributed by atoms with van der Waals surface area (Å²) in [5, 5.41) is 2.34. The van der Waals surface area contributed by atoms with Gasteiger partial charge in [0.25, 0.3) is 0 Å². The Hall–Kier alpha value is -2.85. The van der Waals surface area contributed by atoms with E-state index >= 15 is 0 Å². The van der Waals surface area contributed by atoms with Crippen molar-refractivity contribution in [3.05, 3.63) is 84.6 Å². The van der Waals surface area contributed by atoms with Gasteiger partial charge in [-0.3, -0.25) is 0 Å². The van der Waals surface area contributed by atoms with Crippen LogP contribution in [0.5, 0.6) is 0 Å². The minimum Gasteiger partial charge on any atom is -0.0497 e. The van der Waals surface area contributed by atoms with Gasteiger partial charge in [-0.15, -0.1) is 0 Å². The van der Waals surface area contributed by atoms with Gasteiger partial charge < -0.3 is 0 Å². The molecule has 0 aliphatic heterocycles. The fourth-order valence-electron chi connectivity index (χ4n) is 4.38. The SMILES string of the molecule is Cc1ccc2c(oc3cc(-c4cc[c]([Ge]([CH3])([CH3])[CH3])cc4)ccc32)c1-c1cccc[n+]1C. The van der Waals surface area contributed by atoms with Gasteiger partial charge in [0.15, 0.2) is 6.20 Å². The molecule has 0 spiro atoms. The van der Waals surface area contributed by atoms with Crippen LogP contribution < -0.4 is 8.96 Å². The minimum atomic E-state index is -1.80. The molecule has 5 aromatic rings. The number of aromatic nitrogens is 1. The first-order valence-corrected chi connectivity index (χ1v) is 18.2. The van der Waals surface area contributed by atoms with Gasteiger partial charge in [-0.05, 0) is 6.07 Å². The van der Waals surface area contributed by atoms with E-state index in [-0.39, 0.29) is 0 Å². The van der Waals surface area contributed by atoms with Crippen LogP contribution in [0.1, 0.15) is 5.56 Å². The molecule has 31 heavy (non-hydrogen) atoms. The maximum absolute atomic E-state index is 6.51. The van der Waals surface area contributed by atoms with Crippen molar-refractivity contribution in [1.29, 1.82) is 0 Å². The van der Waals surface area contributed by atoms with Crippen molar-refractivity contribution in [2.75, 3.05) is 0 Å². The van der Waals surface area contributed by atoms with Crippen molar-refractivity contribution in [3.63, 3.8) is 0 Å². The van der Waals surface area contributed by atoms with E-state index in [0.717, 1.165) is 16.9 Å². The third-order valence-corrected chi connectivity index (χ3v) is 10.6. The summed E-state index contributed by atoms with van der Waals surface area (Å²) < 4.78 is 10.2. The average molecular weight is 467 g/mol. The molecule has 0 atom stereocenters. The molecular weight excluding hydrogens is 439 g/mol. The molecule has 0 radical (unpaired) electrons. The predicted octanol–water partition coefficient (Wildman–Crippen LogP) is 6.60. The van der Waals surface area contributed by atoms with E-state index in [4.69, 9.17) is 4.42 Å². The normalized spacial score (nSPS) is 12.0. The van der Waals surface area contributed by atoms with E-state index < -0.39 is 13.3 Å². The summed E-state index contributed by atoms with van der Waals surface area (Å²) in [6.07, 6.45) is 2.08. The molecule has 0 unspecified atom stereocenters. The molecule has 0 amide bonds.